The van der Waals surface area contributed by atoms with Crippen molar-refractivity contribution in [3.8, 4) is 5.75 Å². The third-order valence-corrected chi connectivity index (χ3v) is 2.96. The minimum Gasteiger partial charge on any atom is -0.488 e. The van der Waals surface area contributed by atoms with E-state index in [2.05, 4.69) is 5.32 Å². The number of nitrogens with one attached hydrogen (secondary N) is 1. The molecule has 4 nitrogen and oxygen atoms in total. The van der Waals surface area contributed by atoms with Crippen LogP contribution in [0.4, 0.5) is 0 Å². The van der Waals surface area contributed by atoms with Crippen LogP contribution in [-0.4, -0.2) is 26.2 Å². The summed E-state index contributed by atoms with van der Waals surface area (Å²) in [7, 11) is 1.60. The first-order valence-corrected chi connectivity index (χ1v) is 6.84. The summed E-state index contributed by atoms with van der Waals surface area (Å²) < 4.78 is 10.7. The molecular weight excluding hydrogens is 266 g/mol. The molecule has 0 saturated carbocycles. The molecule has 0 fully saturated rings. The predicted molar refractivity (Wildman–Crippen MR) is 81.4 cm³/mol. The SMILES string of the molecule is COCCNC(=O)c1ccccc1OCc1ccccc1. The lowest BCUT2D eigenvalue weighted by Crippen LogP contribution is -2.27. The summed E-state index contributed by atoms with van der Waals surface area (Å²) in [5, 5.41) is 2.79. The van der Waals surface area contributed by atoms with Gasteiger partial charge in [0.05, 0.1) is 12.2 Å². The van der Waals surface area contributed by atoms with Gasteiger partial charge in [-0.15, -0.1) is 0 Å². The van der Waals surface area contributed by atoms with Crippen LogP contribution < -0.4 is 10.1 Å². The van der Waals surface area contributed by atoms with Gasteiger partial charge in [-0.3, -0.25) is 4.79 Å². The van der Waals surface area contributed by atoms with Crippen LogP contribution in [-0.2, 0) is 11.3 Å². The van der Waals surface area contributed by atoms with Crippen LogP contribution >= 0.6 is 0 Å². The van der Waals surface area contributed by atoms with E-state index in [1.54, 1.807) is 19.2 Å². The zero-order valence-corrected chi connectivity index (χ0v) is 12.0. The number of ether oxygens (including phenoxy) is 2. The van der Waals surface area contributed by atoms with Crippen molar-refractivity contribution in [1.82, 2.24) is 5.32 Å². The zero-order chi connectivity index (χ0) is 14.9. The molecule has 1 amide bonds. The Balaban J connectivity index is 2.01. The van der Waals surface area contributed by atoms with Crippen molar-refractivity contribution < 1.29 is 14.3 Å². The van der Waals surface area contributed by atoms with Crippen molar-refractivity contribution in [2.45, 2.75) is 6.61 Å². The minimum atomic E-state index is -0.157. The van der Waals surface area contributed by atoms with E-state index in [0.717, 1.165) is 5.56 Å². The molecule has 2 aromatic carbocycles. The lowest BCUT2D eigenvalue weighted by Gasteiger charge is -2.11. The number of benzene rings is 2. The molecule has 0 spiro atoms. The maximum atomic E-state index is 12.1. The van der Waals surface area contributed by atoms with Crippen LogP contribution in [0, 0.1) is 0 Å². The lowest BCUT2D eigenvalue weighted by atomic mass is 10.2. The fourth-order valence-electron chi connectivity index (χ4n) is 1.88. The highest BCUT2D eigenvalue weighted by Crippen LogP contribution is 2.19. The summed E-state index contributed by atoms with van der Waals surface area (Å²) in [4.78, 5) is 12.1. The number of amides is 1. The third kappa shape index (κ3) is 4.61. The summed E-state index contributed by atoms with van der Waals surface area (Å²) in [6, 6.07) is 17.1. The van der Waals surface area contributed by atoms with E-state index in [4.69, 9.17) is 9.47 Å². The Morgan fingerprint density at radius 2 is 1.76 bits per heavy atom. The van der Waals surface area contributed by atoms with Gasteiger partial charge in [0.1, 0.15) is 12.4 Å². The van der Waals surface area contributed by atoms with Crippen molar-refractivity contribution in [3.05, 3.63) is 65.7 Å². The van der Waals surface area contributed by atoms with E-state index in [1.807, 2.05) is 42.5 Å². The Labute approximate surface area is 124 Å². The number of carbonyl (C=O) groups excluding carboxylic acids is 1. The highest BCUT2D eigenvalue weighted by Gasteiger charge is 2.11. The fraction of sp³-hybridized carbons (Fsp3) is 0.235. The molecule has 2 rings (SSSR count). The zero-order valence-electron chi connectivity index (χ0n) is 12.0. The van der Waals surface area contributed by atoms with Crippen molar-refractivity contribution in [2.24, 2.45) is 0 Å². The number of methoxy groups -OCH3 is 1. The van der Waals surface area contributed by atoms with Gasteiger partial charge in [0.2, 0.25) is 0 Å². The molecular formula is C17H19NO3. The average Bonchev–Trinajstić information content (AvgIpc) is 2.54. The molecule has 4 heteroatoms. The maximum Gasteiger partial charge on any atom is 0.255 e. The molecule has 1 N–H and O–H groups in total. The monoisotopic (exact) mass is 285 g/mol. The van der Waals surface area contributed by atoms with Crippen LogP contribution in [0.1, 0.15) is 15.9 Å². The second-order valence-corrected chi connectivity index (χ2v) is 4.52. The number of hydrogen-bond acceptors (Lipinski definition) is 3. The predicted octanol–water partition coefficient (Wildman–Crippen LogP) is 2.64. The number of hydrogen-bond donors (Lipinski definition) is 1. The molecule has 0 radical (unpaired) electrons. The molecule has 0 saturated heterocycles. The Kier molecular flexibility index (Phi) is 5.79. The number of carbonyl (C=O) groups is 1. The van der Waals surface area contributed by atoms with Crippen molar-refractivity contribution in [3.63, 3.8) is 0 Å². The van der Waals surface area contributed by atoms with Crippen molar-refractivity contribution in [1.29, 1.82) is 0 Å². The van der Waals surface area contributed by atoms with Crippen LogP contribution in [0.3, 0.4) is 0 Å². The van der Waals surface area contributed by atoms with E-state index >= 15 is 0 Å². The summed E-state index contributed by atoms with van der Waals surface area (Å²) in [6.07, 6.45) is 0. The van der Waals surface area contributed by atoms with Crippen LogP contribution in [0.2, 0.25) is 0 Å². The third-order valence-electron chi connectivity index (χ3n) is 2.96. The Morgan fingerprint density at radius 1 is 1.05 bits per heavy atom. The van der Waals surface area contributed by atoms with Crippen LogP contribution in [0.5, 0.6) is 5.75 Å². The van der Waals surface area contributed by atoms with Gasteiger partial charge in [0.25, 0.3) is 5.91 Å². The highest BCUT2D eigenvalue weighted by molar-refractivity contribution is 5.96. The van der Waals surface area contributed by atoms with E-state index in [9.17, 15) is 4.79 Å². The standard InChI is InChI=1S/C17H19NO3/c1-20-12-11-18-17(19)15-9-5-6-10-16(15)21-13-14-7-3-2-4-8-14/h2-10H,11-13H2,1H3,(H,18,19). The van der Waals surface area contributed by atoms with E-state index < -0.39 is 0 Å². The Bertz CT molecular complexity index is 569. The second kappa shape index (κ2) is 8.07. The highest BCUT2D eigenvalue weighted by atomic mass is 16.5. The molecule has 110 valence electrons. The van der Waals surface area contributed by atoms with E-state index in [-0.39, 0.29) is 5.91 Å². The van der Waals surface area contributed by atoms with Gasteiger partial charge >= 0.3 is 0 Å². The van der Waals surface area contributed by atoms with Crippen molar-refractivity contribution in [2.75, 3.05) is 20.3 Å². The topological polar surface area (TPSA) is 47.6 Å². The van der Waals surface area contributed by atoms with Gasteiger partial charge < -0.3 is 14.8 Å². The summed E-state index contributed by atoms with van der Waals surface area (Å²) in [5.41, 5.74) is 1.59. The van der Waals surface area contributed by atoms with Gasteiger partial charge in [-0.05, 0) is 17.7 Å². The fourth-order valence-corrected chi connectivity index (χ4v) is 1.88. The van der Waals surface area contributed by atoms with Crippen molar-refractivity contribution >= 4 is 5.91 Å². The molecule has 0 aliphatic rings. The molecule has 0 atom stereocenters. The molecule has 0 heterocycles. The lowest BCUT2D eigenvalue weighted by molar-refractivity contribution is 0.0932. The largest absolute Gasteiger partial charge is 0.488 e. The molecule has 0 unspecified atom stereocenters. The smallest absolute Gasteiger partial charge is 0.255 e. The summed E-state index contributed by atoms with van der Waals surface area (Å²) in [6.45, 7) is 1.39. The van der Waals surface area contributed by atoms with Gasteiger partial charge in [-0.2, -0.15) is 0 Å². The Morgan fingerprint density at radius 3 is 2.52 bits per heavy atom. The van der Waals surface area contributed by atoms with Crippen LogP contribution in [0.15, 0.2) is 54.6 Å². The average molecular weight is 285 g/mol. The molecule has 0 bridgehead atoms. The van der Waals surface area contributed by atoms with Gasteiger partial charge in [0, 0.05) is 13.7 Å². The van der Waals surface area contributed by atoms with E-state index in [0.29, 0.717) is 31.1 Å². The molecule has 2 aromatic rings. The Hall–Kier alpha value is -2.33. The van der Waals surface area contributed by atoms with Crippen LogP contribution in [0.25, 0.3) is 0 Å². The molecule has 21 heavy (non-hydrogen) atoms. The van der Waals surface area contributed by atoms with Gasteiger partial charge in [0.15, 0.2) is 0 Å². The summed E-state index contributed by atoms with van der Waals surface area (Å²) >= 11 is 0. The number of rotatable bonds is 7. The first-order chi connectivity index (χ1) is 10.3. The van der Waals surface area contributed by atoms with Gasteiger partial charge in [-0.1, -0.05) is 42.5 Å². The molecule has 0 aliphatic heterocycles. The quantitative estimate of drug-likeness (QED) is 0.796. The maximum absolute atomic E-state index is 12.1. The van der Waals surface area contributed by atoms with E-state index in [1.165, 1.54) is 0 Å². The normalized spacial score (nSPS) is 10.1. The minimum absolute atomic E-state index is 0.157. The second-order valence-electron chi connectivity index (χ2n) is 4.52. The first kappa shape index (κ1) is 15.1. The number of para-hydroxylation sites is 1. The summed E-state index contributed by atoms with van der Waals surface area (Å²) in [5.74, 6) is 0.423. The molecule has 0 aromatic heterocycles. The first-order valence-electron chi connectivity index (χ1n) is 6.84. The molecule has 0 aliphatic carbocycles. The van der Waals surface area contributed by atoms with Gasteiger partial charge in [-0.25, -0.2) is 0 Å².